The van der Waals surface area contributed by atoms with Crippen molar-refractivity contribution in [2.75, 3.05) is 5.73 Å². The van der Waals surface area contributed by atoms with Gasteiger partial charge in [0, 0.05) is 5.56 Å². The van der Waals surface area contributed by atoms with Gasteiger partial charge in [-0.3, -0.25) is 0 Å². The van der Waals surface area contributed by atoms with Crippen molar-refractivity contribution in [3.63, 3.8) is 0 Å². The minimum Gasteiger partial charge on any atom is -0.488 e. The van der Waals surface area contributed by atoms with Gasteiger partial charge in [-0.15, -0.1) is 0 Å². The molecule has 2 N–H and O–H groups in total. The molecule has 0 heterocycles. The molecule has 0 amide bonds. The highest BCUT2D eigenvalue weighted by atomic mass is 79.9. The van der Waals surface area contributed by atoms with Gasteiger partial charge in [-0.2, -0.15) is 0 Å². The van der Waals surface area contributed by atoms with Gasteiger partial charge in [0.25, 0.3) is 0 Å². The summed E-state index contributed by atoms with van der Waals surface area (Å²) in [4.78, 5) is 0. The summed E-state index contributed by atoms with van der Waals surface area (Å²) in [6.45, 7) is 0.0289. The van der Waals surface area contributed by atoms with E-state index in [1.807, 2.05) is 0 Å². The Morgan fingerprint density at radius 3 is 2.67 bits per heavy atom. The number of rotatable bonds is 3. The summed E-state index contributed by atoms with van der Waals surface area (Å²) in [5.74, 6) is -0.418. The molecule has 18 heavy (non-hydrogen) atoms. The zero-order chi connectivity index (χ0) is 13.1. The number of nitrogen functional groups attached to an aromatic ring is 1. The van der Waals surface area contributed by atoms with Crippen LogP contribution < -0.4 is 10.5 Å². The van der Waals surface area contributed by atoms with Gasteiger partial charge in [-0.1, -0.05) is 12.1 Å². The van der Waals surface area contributed by atoms with E-state index in [1.54, 1.807) is 12.1 Å². The van der Waals surface area contributed by atoms with Crippen LogP contribution in [0.25, 0.3) is 0 Å². The molecule has 94 valence electrons. The third-order valence-electron chi connectivity index (χ3n) is 2.39. The fourth-order valence-corrected chi connectivity index (χ4v) is 1.92. The first-order chi connectivity index (χ1) is 8.58. The second-order valence-corrected chi connectivity index (χ2v) is 4.54. The molecule has 0 bridgehead atoms. The number of benzene rings is 2. The van der Waals surface area contributed by atoms with E-state index in [0.717, 1.165) is 0 Å². The molecule has 0 fully saturated rings. The zero-order valence-corrected chi connectivity index (χ0v) is 10.9. The van der Waals surface area contributed by atoms with E-state index < -0.39 is 5.82 Å². The summed E-state index contributed by atoms with van der Waals surface area (Å²) in [6.07, 6.45) is 0. The highest BCUT2D eigenvalue weighted by Crippen LogP contribution is 2.26. The number of halogens is 3. The fourth-order valence-electron chi connectivity index (χ4n) is 1.46. The van der Waals surface area contributed by atoms with Crippen LogP contribution in [0.2, 0.25) is 0 Å². The molecular weight excluding hydrogens is 304 g/mol. The Balaban J connectivity index is 2.14. The third-order valence-corrected chi connectivity index (χ3v) is 3.01. The number of hydrogen-bond acceptors (Lipinski definition) is 2. The van der Waals surface area contributed by atoms with Crippen LogP contribution >= 0.6 is 15.9 Å². The minimum atomic E-state index is -0.490. The normalized spacial score (nSPS) is 10.4. The van der Waals surface area contributed by atoms with Crippen LogP contribution in [0.4, 0.5) is 14.5 Å². The molecule has 0 aliphatic heterocycles. The lowest BCUT2D eigenvalue weighted by Crippen LogP contribution is -2.01. The third kappa shape index (κ3) is 2.79. The quantitative estimate of drug-likeness (QED) is 0.873. The largest absolute Gasteiger partial charge is 0.488 e. The van der Waals surface area contributed by atoms with Gasteiger partial charge >= 0.3 is 0 Å². The van der Waals surface area contributed by atoms with Crippen molar-refractivity contribution in [2.24, 2.45) is 0 Å². The Bertz CT molecular complexity index is 575. The van der Waals surface area contributed by atoms with Crippen molar-refractivity contribution in [2.45, 2.75) is 6.61 Å². The molecule has 0 atom stereocenters. The van der Waals surface area contributed by atoms with Gasteiger partial charge < -0.3 is 10.5 Å². The van der Waals surface area contributed by atoms with Crippen molar-refractivity contribution < 1.29 is 13.5 Å². The second-order valence-electron chi connectivity index (χ2n) is 3.68. The average Bonchev–Trinajstić information content (AvgIpc) is 2.33. The lowest BCUT2D eigenvalue weighted by molar-refractivity contribution is 0.297. The smallest absolute Gasteiger partial charge is 0.152 e. The number of nitrogens with two attached hydrogens (primary N) is 1. The summed E-state index contributed by atoms with van der Waals surface area (Å²) in [5.41, 5.74) is 5.88. The van der Waals surface area contributed by atoms with Gasteiger partial charge in [0.05, 0.1) is 10.2 Å². The van der Waals surface area contributed by atoms with Crippen LogP contribution in [0.5, 0.6) is 5.75 Å². The Hall–Kier alpha value is -1.62. The first-order valence-corrected chi connectivity index (χ1v) is 5.98. The van der Waals surface area contributed by atoms with Gasteiger partial charge in [0.15, 0.2) is 5.82 Å². The molecule has 0 aromatic heterocycles. The molecule has 2 rings (SSSR count). The summed E-state index contributed by atoms with van der Waals surface area (Å²) in [6, 6.07) is 8.75. The summed E-state index contributed by atoms with van der Waals surface area (Å²) < 4.78 is 32.3. The van der Waals surface area contributed by atoms with Crippen LogP contribution in [-0.4, -0.2) is 0 Å². The summed E-state index contributed by atoms with van der Waals surface area (Å²) in [7, 11) is 0. The fraction of sp³-hybridized carbons (Fsp3) is 0.0769. The highest BCUT2D eigenvalue weighted by Gasteiger charge is 2.08. The maximum absolute atomic E-state index is 13.6. The van der Waals surface area contributed by atoms with Crippen molar-refractivity contribution in [3.05, 3.63) is 58.1 Å². The minimum absolute atomic E-state index is 0.0289. The number of anilines is 1. The summed E-state index contributed by atoms with van der Waals surface area (Å²) >= 11 is 3.17. The summed E-state index contributed by atoms with van der Waals surface area (Å²) in [5, 5.41) is 0. The van der Waals surface area contributed by atoms with Crippen molar-refractivity contribution in [1.29, 1.82) is 0 Å². The average molecular weight is 314 g/mol. The lowest BCUT2D eigenvalue weighted by Gasteiger charge is -2.09. The van der Waals surface area contributed by atoms with E-state index >= 15 is 0 Å². The molecule has 0 unspecified atom stereocenters. The van der Waals surface area contributed by atoms with Crippen LogP contribution in [-0.2, 0) is 6.61 Å². The first-order valence-electron chi connectivity index (χ1n) is 5.18. The SMILES string of the molecule is Nc1cccc(COc2ccc(F)cc2Br)c1F. The molecule has 0 saturated heterocycles. The van der Waals surface area contributed by atoms with E-state index in [4.69, 9.17) is 10.5 Å². The molecular formula is C13H10BrF2NO. The second kappa shape index (κ2) is 5.35. The van der Waals surface area contributed by atoms with E-state index in [1.165, 1.54) is 24.3 Å². The van der Waals surface area contributed by atoms with Gasteiger partial charge in [-0.25, -0.2) is 8.78 Å². The Kier molecular flexibility index (Phi) is 3.81. The molecule has 5 heteroatoms. The van der Waals surface area contributed by atoms with Crippen molar-refractivity contribution >= 4 is 21.6 Å². The maximum Gasteiger partial charge on any atom is 0.152 e. The zero-order valence-electron chi connectivity index (χ0n) is 9.29. The maximum atomic E-state index is 13.6. The molecule has 2 aromatic carbocycles. The lowest BCUT2D eigenvalue weighted by atomic mass is 10.2. The van der Waals surface area contributed by atoms with E-state index in [2.05, 4.69) is 15.9 Å². The Morgan fingerprint density at radius 2 is 1.94 bits per heavy atom. The number of ether oxygens (including phenoxy) is 1. The molecule has 0 radical (unpaired) electrons. The molecule has 0 saturated carbocycles. The number of hydrogen-bond donors (Lipinski definition) is 1. The molecule has 2 aromatic rings. The van der Waals surface area contributed by atoms with Crippen LogP contribution in [0, 0.1) is 11.6 Å². The topological polar surface area (TPSA) is 35.2 Å². The first kappa shape index (κ1) is 12.8. The molecule has 0 spiro atoms. The highest BCUT2D eigenvalue weighted by molar-refractivity contribution is 9.10. The van der Waals surface area contributed by atoms with E-state index in [9.17, 15) is 8.78 Å². The Morgan fingerprint density at radius 1 is 1.17 bits per heavy atom. The van der Waals surface area contributed by atoms with Crippen LogP contribution in [0.3, 0.4) is 0 Å². The predicted molar refractivity (Wildman–Crippen MR) is 69.2 cm³/mol. The predicted octanol–water partition coefficient (Wildman–Crippen LogP) is 3.89. The monoisotopic (exact) mass is 313 g/mol. The van der Waals surface area contributed by atoms with E-state index in [-0.39, 0.29) is 18.1 Å². The van der Waals surface area contributed by atoms with Crippen molar-refractivity contribution in [1.82, 2.24) is 0 Å². The van der Waals surface area contributed by atoms with Gasteiger partial charge in [-0.05, 0) is 40.2 Å². The van der Waals surface area contributed by atoms with E-state index in [0.29, 0.717) is 15.8 Å². The van der Waals surface area contributed by atoms with Crippen LogP contribution in [0.1, 0.15) is 5.56 Å². The van der Waals surface area contributed by atoms with Crippen molar-refractivity contribution in [3.8, 4) is 5.75 Å². The Labute approximate surface area is 112 Å². The van der Waals surface area contributed by atoms with Gasteiger partial charge in [0.2, 0.25) is 0 Å². The van der Waals surface area contributed by atoms with Crippen LogP contribution in [0.15, 0.2) is 40.9 Å². The molecule has 0 aliphatic carbocycles. The molecule has 2 nitrogen and oxygen atoms in total. The standard InChI is InChI=1S/C13H10BrF2NO/c14-10-6-9(15)4-5-12(10)18-7-8-2-1-3-11(17)13(8)16/h1-6H,7,17H2. The molecule has 0 aliphatic rings. The van der Waals surface area contributed by atoms with Gasteiger partial charge in [0.1, 0.15) is 18.2 Å².